The highest BCUT2D eigenvalue weighted by Gasteiger charge is 2.19. The Balaban J connectivity index is 2.14. The van der Waals surface area contributed by atoms with Crippen molar-refractivity contribution in [3.05, 3.63) is 29.3 Å². The lowest BCUT2D eigenvalue weighted by Gasteiger charge is -2.05. The zero-order valence-corrected chi connectivity index (χ0v) is 11.3. The van der Waals surface area contributed by atoms with E-state index in [1.165, 1.54) is 7.11 Å². The molecule has 0 aliphatic heterocycles. The van der Waals surface area contributed by atoms with Gasteiger partial charge in [-0.1, -0.05) is 0 Å². The number of nitrogens with one attached hydrogen (secondary N) is 1. The number of aryl methyl sites for hydroxylation is 1. The Morgan fingerprint density at radius 1 is 1.58 bits per heavy atom. The van der Waals surface area contributed by atoms with E-state index in [1.54, 1.807) is 12.3 Å². The maximum atomic E-state index is 11.6. The topological polar surface area (TPSA) is 103 Å². The molecule has 0 saturated heterocycles. The van der Waals surface area contributed by atoms with Crippen molar-refractivity contribution in [2.45, 2.75) is 13.5 Å². The van der Waals surface area contributed by atoms with E-state index < -0.39 is 5.97 Å². The minimum absolute atomic E-state index is 0.165. The summed E-state index contributed by atoms with van der Waals surface area (Å²) in [5, 5.41) is 3.65. The first-order chi connectivity index (χ1) is 9.11. The van der Waals surface area contributed by atoms with Crippen LogP contribution in [0.25, 0.3) is 0 Å². The molecular formula is C11H13N5O2S. The van der Waals surface area contributed by atoms with Gasteiger partial charge in [0.2, 0.25) is 0 Å². The number of carbonyl (C=O) groups excluding carboxylic acids is 1. The fourth-order valence-electron chi connectivity index (χ4n) is 1.50. The zero-order valence-electron chi connectivity index (χ0n) is 10.5. The van der Waals surface area contributed by atoms with E-state index in [2.05, 4.69) is 24.4 Å². The molecular weight excluding hydrogens is 266 g/mol. The van der Waals surface area contributed by atoms with Gasteiger partial charge in [-0.25, -0.2) is 14.8 Å². The van der Waals surface area contributed by atoms with Crippen molar-refractivity contribution in [3.63, 3.8) is 0 Å². The summed E-state index contributed by atoms with van der Waals surface area (Å²) in [5.41, 5.74) is 6.72. The number of esters is 1. The SMILES string of the molecule is COC(=O)c1c(N)nsc1NCc1ccnc(C)n1. The van der Waals surface area contributed by atoms with E-state index >= 15 is 0 Å². The van der Waals surface area contributed by atoms with E-state index in [4.69, 9.17) is 5.73 Å². The Labute approximate surface area is 114 Å². The number of nitrogens with two attached hydrogens (primary N) is 1. The molecule has 0 saturated carbocycles. The number of nitrogens with zero attached hydrogens (tertiary/aromatic N) is 3. The van der Waals surface area contributed by atoms with Gasteiger partial charge < -0.3 is 15.8 Å². The Bertz CT molecular complexity index is 599. The Morgan fingerprint density at radius 2 is 2.37 bits per heavy atom. The number of hydrogen-bond acceptors (Lipinski definition) is 8. The number of anilines is 2. The van der Waals surface area contributed by atoms with Gasteiger partial charge in [0.25, 0.3) is 0 Å². The van der Waals surface area contributed by atoms with Crippen molar-refractivity contribution >= 4 is 28.3 Å². The van der Waals surface area contributed by atoms with Crippen LogP contribution in [0.3, 0.4) is 0 Å². The summed E-state index contributed by atoms with van der Waals surface area (Å²) in [6.45, 7) is 2.27. The first-order valence-electron chi connectivity index (χ1n) is 5.47. The van der Waals surface area contributed by atoms with Crippen molar-refractivity contribution in [2.24, 2.45) is 0 Å². The van der Waals surface area contributed by atoms with Crippen LogP contribution in [-0.2, 0) is 11.3 Å². The first-order valence-corrected chi connectivity index (χ1v) is 6.25. The van der Waals surface area contributed by atoms with E-state index in [9.17, 15) is 4.79 Å². The summed E-state index contributed by atoms with van der Waals surface area (Å²) in [6.07, 6.45) is 1.68. The molecule has 2 aromatic heterocycles. The van der Waals surface area contributed by atoms with Crippen molar-refractivity contribution in [3.8, 4) is 0 Å². The lowest BCUT2D eigenvalue weighted by molar-refractivity contribution is 0.0603. The average molecular weight is 279 g/mol. The smallest absolute Gasteiger partial charge is 0.344 e. The fraction of sp³-hybridized carbons (Fsp3) is 0.273. The quantitative estimate of drug-likeness (QED) is 0.811. The number of nitrogen functional groups attached to an aromatic ring is 1. The molecule has 3 N–H and O–H groups in total. The van der Waals surface area contributed by atoms with Crippen LogP contribution in [0.15, 0.2) is 12.3 Å². The maximum Gasteiger partial charge on any atom is 0.344 e. The van der Waals surface area contributed by atoms with E-state index in [1.807, 2.05) is 6.92 Å². The predicted molar refractivity (Wildman–Crippen MR) is 72.0 cm³/mol. The van der Waals surface area contributed by atoms with Gasteiger partial charge in [-0.3, -0.25) is 0 Å². The number of hydrogen-bond donors (Lipinski definition) is 2. The number of carbonyl (C=O) groups is 1. The minimum atomic E-state index is -0.507. The normalized spacial score (nSPS) is 10.2. The number of methoxy groups -OCH3 is 1. The molecule has 0 atom stereocenters. The Hall–Kier alpha value is -2.22. The molecule has 0 bridgehead atoms. The zero-order chi connectivity index (χ0) is 13.8. The third-order valence-corrected chi connectivity index (χ3v) is 3.19. The van der Waals surface area contributed by atoms with Crippen LogP contribution in [0.1, 0.15) is 21.9 Å². The van der Waals surface area contributed by atoms with Gasteiger partial charge in [0.05, 0.1) is 19.3 Å². The van der Waals surface area contributed by atoms with Crippen molar-refractivity contribution in [1.82, 2.24) is 14.3 Å². The van der Waals surface area contributed by atoms with E-state index in [0.717, 1.165) is 17.2 Å². The summed E-state index contributed by atoms with van der Waals surface area (Å²) in [4.78, 5) is 19.8. The van der Waals surface area contributed by atoms with E-state index in [-0.39, 0.29) is 11.4 Å². The monoisotopic (exact) mass is 279 g/mol. The Morgan fingerprint density at radius 3 is 3.05 bits per heavy atom. The van der Waals surface area contributed by atoms with Gasteiger partial charge in [0.15, 0.2) is 5.82 Å². The fourth-order valence-corrected chi connectivity index (χ4v) is 2.19. The van der Waals surface area contributed by atoms with Crippen LogP contribution in [0.5, 0.6) is 0 Å². The number of aromatic nitrogens is 3. The number of rotatable bonds is 4. The highest BCUT2D eigenvalue weighted by molar-refractivity contribution is 7.11. The van der Waals surface area contributed by atoms with Gasteiger partial charge in [-0.2, -0.15) is 4.37 Å². The van der Waals surface area contributed by atoms with Gasteiger partial charge in [0, 0.05) is 6.20 Å². The maximum absolute atomic E-state index is 11.6. The van der Waals surface area contributed by atoms with Crippen molar-refractivity contribution in [2.75, 3.05) is 18.2 Å². The molecule has 0 aromatic carbocycles. The summed E-state index contributed by atoms with van der Waals surface area (Å²) in [6, 6.07) is 1.79. The summed E-state index contributed by atoms with van der Waals surface area (Å²) in [5.74, 6) is 0.349. The van der Waals surface area contributed by atoms with Gasteiger partial charge in [0.1, 0.15) is 16.4 Å². The first kappa shape index (κ1) is 13.2. The molecule has 0 radical (unpaired) electrons. The summed E-state index contributed by atoms with van der Waals surface area (Å²) >= 11 is 1.11. The molecule has 100 valence electrons. The van der Waals surface area contributed by atoms with Gasteiger partial charge in [-0.15, -0.1) is 0 Å². The molecule has 0 unspecified atom stereocenters. The van der Waals surface area contributed by atoms with Crippen molar-refractivity contribution < 1.29 is 9.53 Å². The highest BCUT2D eigenvalue weighted by atomic mass is 32.1. The molecule has 7 nitrogen and oxygen atoms in total. The third-order valence-electron chi connectivity index (χ3n) is 2.37. The van der Waals surface area contributed by atoms with E-state index in [0.29, 0.717) is 17.4 Å². The molecule has 0 aliphatic rings. The van der Waals surface area contributed by atoms with Crippen LogP contribution in [0, 0.1) is 6.92 Å². The lowest BCUT2D eigenvalue weighted by atomic mass is 10.3. The molecule has 2 heterocycles. The molecule has 2 aromatic rings. The minimum Gasteiger partial charge on any atom is -0.465 e. The molecule has 0 fully saturated rings. The molecule has 8 heteroatoms. The average Bonchev–Trinajstić information content (AvgIpc) is 2.77. The predicted octanol–water partition coefficient (Wildman–Crippen LogP) is 1.22. The second-order valence-corrected chi connectivity index (χ2v) is 4.49. The number of ether oxygens (including phenoxy) is 1. The standard InChI is InChI=1S/C11H13N5O2S/c1-6-13-4-3-7(15-6)5-14-10-8(11(17)18-2)9(12)16-19-10/h3-4,14H,5H2,1-2H3,(H2,12,16). The van der Waals surface area contributed by atoms with Crippen LogP contribution >= 0.6 is 11.5 Å². The lowest BCUT2D eigenvalue weighted by Crippen LogP contribution is -2.09. The van der Waals surface area contributed by atoms with Crippen LogP contribution in [0.4, 0.5) is 10.8 Å². The molecule has 0 spiro atoms. The summed E-state index contributed by atoms with van der Waals surface area (Å²) < 4.78 is 8.61. The van der Waals surface area contributed by atoms with Crippen LogP contribution in [0.2, 0.25) is 0 Å². The van der Waals surface area contributed by atoms with Gasteiger partial charge in [-0.05, 0) is 24.5 Å². The van der Waals surface area contributed by atoms with Crippen LogP contribution in [-0.4, -0.2) is 27.4 Å². The largest absolute Gasteiger partial charge is 0.465 e. The molecule has 0 amide bonds. The molecule has 19 heavy (non-hydrogen) atoms. The van der Waals surface area contributed by atoms with Crippen molar-refractivity contribution in [1.29, 1.82) is 0 Å². The summed E-state index contributed by atoms with van der Waals surface area (Å²) in [7, 11) is 1.30. The Kier molecular flexibility index (Phi) is 3.91. The molecule has 0 aliphatic carbocycles. The van der Waals surface area contributed by atoms with Crippen LogP contribution < -0.4 is 11.1 Å². The third kappa shape index (κ3) is 2.97. The second kappa shape index (κ2) is 5.61. The van der Waals surface area contributed by atoms with Gasteiger partial charge >= 0.3 is 5.97 Å². The second-order valence-electron chi connectivity index (χ2n) is 3.71. The molecule has 2 rings (SSSR count). The highest BCUT2D eigenvalue weighted by Crippen LogP contribution is 2.27.